The molecular formula is C14H17BrN4. The number of benzene rings is 1. The molecule has 0 atom stereocenters. The Morgan fingerprint density at radius 1 is 1.16 bits per heavy atom. The molecule has 0 bridgehead atoms. The molecule has 1 aromatic carbocycles. The van der Waals surface area contributed by atoms with Crippen molar-refractivity contribution < 1.29 is 0 Å². The van der Waals surface area contributed by atoms with E-state index < -0.39 is 0 Å². The fourth-order valence-electron chi connectivity index (χ4n) is 1.98. The van der Waals surface area contributed by atoms with Crippen molar-refractivity contribution in [1.29, 1.82) is 0 Å². The minimum Gasteiger partial charge on any atom is -0.357 e. The van der Waals surface area contributed by atoms with Gasteiger partial charge in [-0.3, -0.25) is 0 Å². The monoisotopic (exact) mass is 320 g/mol. The van der Waals surface area contributed by atoms with Crippen LogP contribution >= 0.6 is 15.9 Å². The van der Waals surface area contributed by atoms with Gasteiger partial charge in [-0.15, -0.1) is 0 Å². The van der Waals surface area contributed by atoms with Crippen molar-refractivity contribution in [2.24, 2.45) is 0 Å². The van der Waals surface area contributed by atoms with E-state index in [4.69, 9.17) is 0 Å². The highest BCUT2D eigenvalue weighted by Gasteiger charge is 2.12. The summed E-state index contributed by atoms with van der Waals surface area (Å²) in [4.78, 5) is 10.7. The first-order valence-corrected chi connectivity index (χ1v) is 6.83. The van der Waals surface area contributed by atoms with E-state index in [0.717, 1.165) is 16.0 Å². The quantitative estimate of drug-likeness (QED) is 0.936. The molecule has 0 aliphatic rings. The van der Waals surface area contributed by atoms with Crippen LogP contribution in [0, 0.1) is 13.8 Å². The first-order valence-electron chi connectivity index (χ1n) is 6.03. The number of hydrogen-bond acceptors (Lipinski definition) is 4. The highest BCUT2D eigenvalue weighted by atomic mass is 79.9. The van der Waals surface area contributed by atoms with Crippen molar-refractivity contribution in [2.75, 3.05) is 24.3 Å². The van der Waals surface area contributed by atoms with E-state index in [1.165, 1.54) is 11.1 Å². The second kappa shape index (κ2) is 5.57. The fourth-order valence-corrected chi connectivity index (χ4v) is 2.44. The van der Waals surface area contributed by atoms with Crippen LogP contribution in [0.3, 0.4) is 0 Å². The van der Waals surface area contributed by atoms with Crippen molar-refractivity contribution in [1.82, 2.24) is 9.97 Å². The zero-order valence-corrected chi connectivity index (χ0v) is 13.1. The highest BCUT2D eigenvalue weighted by Crippen LogP contribution is 2.30. The first-order chi connectivity index (χ1) is 9.01. The molecule has 2 rings (SSSR count). The van der Waals surface area contributed by atoms with Gasteiger partial charge in [0, 0.05) is 26.0 Å². The molecule has 0 saturated heterocycles. The molecule has 0 saturated carbocycles. The summed E-state index contributed by atoms with van der Waals surface area (Å²) in [6, 6.07) is 6.44. The van der Waals surface area contributed by atoms with Crippen LogP contribution in [-0.4, -0.2) is 24.1 Å². The normalized spacial score (nSPS) is 10.4. The molecule has 1 N–H and O–H groups in total. The van der Waals surface area contributed by atoms with Gasteiger partial charge in [-0.1, -0.05) is 6.07 Å². The van der Waals surface area contributed by atoms with Gasteiger partial charge in [0.2, 0.25) is 5.95 Å². The largest absolute Gasteiger partial charge is 0.357 e. The minimum absolute atomic E-state index is 0.606. The lowest BCUT2D eigenvalue weighted by Gasteiger charge is -2.21. The second-order valence-electron chi connectivity index (χ2n) is 4.52. The number of halogens is 1. The van der Waals surface area contributed by atoms with Gasteiger partial charge in [0.15, 0.2) is 5.82 Å². The number of anilines is 3. The summed E-state index contributed by atoms with van der Waals surface area (Å²) in [5.41, 5.74) is 3.58. The fraction of sp³-hybridized carbons (Fsp3) is 0.286. The van der Waals surface area contributed by atoms with Crippen LogP contribution in [0.15, 0.2) is 28.9 Å². The zero-order chi connectivity index (χ0) is 14.0. The lowest BCUT2D eigenvalue weighted by Crippen LogP contribution is -2.13. The molecule has 19 heavy (non-hydrogen) atoms. The Bertz CT molecular complexity index is 578. The minimum atomic E-state index is 0.606. The third kappa shape index (κ3) is 3.04. The number of aromatic nitrogens is 2. The standard InChI is InChI=1S/C14H17BrN4/c1-9-5-10(2)7-11(6-9)19(4)13-12(15)8-17-14(16-3)18-13/h5-8H,1-4H3,(H,16,17,18). The molecule has 1 heterocycles. The van der Waals surface area contributed by atoms with Gasteiger partial charge in [0.25, 0.3) is 0 Å². The lowest BCUT2D eigenvalue weighted by atomic mass is 10.1. The van der Waals surface area contributed by atoms with Crippen LogP contribution in [-0.2, 0) is 0 Å². The van der Waals surface area contributed by atoms with E-state index in [1.54, 1.807) is 6.20 Å². The molecule has 0 fully saturated rings. The van der Waals surface area contributed by atoms with E-state index in [9.17, 15) is 0 Å². The molecule has 5 heteroatoms. The summed E-state index contributed by atoms with van der Waals surface area (Å²) in [5, 5.41) is 2.95. The van der Waals surface area contributed by atoms with E-state index in [1.807, 2.05) is 19.0 Å². The van der Waals surface area contributed by atoms with Crippen LogP contribution in [0.25, 0.3) is 0 Å². The Balaban J connectivity index is 2.45. The Hall–Kier alpha value is -1.62. The molecule has 0 spiro atoms. The summed E-state index contributed by atoms with van der Waals surface area (Å²) in [6.45, 7) is 4.19. The topological polar surface area (TPSA) is 41.1 Å². The molecule has 4 nitrogen and oxygen atoms in total. The molecule has 0 amide bonds. The van der Waals surface area contributed by atoms with Gasteiger partial charge in [0.1, 0.15) is 0 Å². The summed E-state index contributed by atoms with van der Waals surface area (Å²) < 4.78 is 0.869. The van der Waals surface area contributed by atoms with E-state index in [0.29, 0.717) is 5.95 Å². The summed E-state index contributed by atoms with van der Waals surface area (Å²) >= 11 is 3.50. The average molecular weight is 321 g/mol. The summed E-state index contributed by atoms with van der Waals surface area (Å²) in [5.74, 6) is 1.44. The van der Waals surface area contributed by atoms with Gasteiger partial charge in [-0.25, -0.2) is 4.98 Å². The molecule has 0 radical (unpaired) electrons. The third-order valence-corrected chi connectivity index (χ3v) is 3.42. The summed E-state index contributed by atoms with van der Waals surface area (Å²) in [7, 11) is 3.81. The number of rotatable bonds is 3. The maximum absolute atomic E-state index is 4.48. The van der Waals surface area contributed by atoms with Gasteiger partial charge < -0.3 is 10.2 Å². The molecule has 100 valence electrons. The maximum Gasteiger partial charge on any atom is 0.224 e. The third-order valence-electron chi connectivity index (χ3n) is 2.86. The van der Waals surface area contributed by atoms with Gasteiger partial charge in [0.05, 0.1) is 4.47 Å². The predicted octanol–water partition coefficient (Wildman–Crippen LogP) is 3.67. The van der Waals surface area contributed by atoms with E-state index in [2.05, 4.69) is 63.3 Å². The Morgan fingerprint density at radius 2 is 1.79 bits per heavy atom. The molecule has 1 aromatic heterocycles. The summed E-state index contributed by atoms with van der Waals surface area (Å²) in [6.07, 6.45) is 1.76. The zero-order valence-electron chi connectivity index (χ0n) is 11.5. The van der Waals surface area contributed by atoms with E-state index >= 15 is 0 Å². The van der Waals surface area contributed by atoms with Crippen molar-refractivity contribution in [2.45, 2.75) is 13.8 Å². The van der Waals surface area contributed by atoms with Crippen molar-refractivity contribution in [3.63, 3.8) is 0 Å². The molecule has 0 aliphatic carbocycles. The number of hydrogen-bond donors (Lipinski definition) is 1. The molecule has 0 aliphatic heterocycles. The lowest BCUT2D eigenvalue weighted by molar-refractivity contribution is 1.06. The molecule has 0 unspecified atom stereocenters. The second-order valence-corrected chi connectivity index (χ2v) is 5.37. The number of aryl methyl sites for hydroxylation is 2. The van der Waals surface area contributed by atoms with Gasteiger partial charge in [-0.2, -0.15) is 4.98 Å². The Morgan fingerprint density at radius 3 is 2.37 bits per heavy atom. The van der Waals surface area contributed by atoms with Gasteiger partial charge >= 0.3 is 0 Å². The van der Waals surface area contributed by atoms with Crippen LogP contribution in [0.2, 0.25) is 0 Å². The number of nitrogens with one attached hydrogen (secondary N) is 1. The first kappa shape index (κ1) is 13.8. The van der Waals surface area contributed by atoms with Crippen molar-refractivity contribution in [3.8, 4) is 0 Å². The van der Waals surface area contributed by atoms with Crippen LogP contribution < -0.4 is 10.2 Å². The van der Waals surface area contributed by atoms with Crippen LogP contribution in [0.5, 0.6) is 0 Å². The van der Waals surface area contributed by atoms with Crippen LogP contribution in [0.4, 0.5) is 17.5 Å². The number of nitrogens with zero attached hydrogens (tertiary/aromatic N) is 3. The van der Waals surface area contributed by atoms with Crippen molar-refractivity contribution in [3.05, 3.63) is 40.0 Å². The smallest absolute Gasteiger partial charge is 0.224 e. The SMILES string of the molecule is CNc1ncc(Br)c(N(C)c2cc(C)cc(C)c2)n1. The Labute approximate surface area is 122 Å². The van der Waals surface area contributed by atoms with Crippen LogP contribution in [0.1, 0.15) is 11.1 Å². The van der Waals surface area contributed by atoms with E-state index in [-0.39, 0.29) is 0 Å². The average Bonchev–Trinajstić information content (AvgIpc) is 2.37. The molecule has 2 aromatic rings. The van der Waals surface area contributed by atoms with Crippen molar-refractivity contribution >= 4 is 33.4 Å². The maximum atomic E-state index is 4.48. The predicted molar refractivity (Wildman–Crippen MR) is 83.3 cm³/mol. The highest BCUT2D eigenvalue weighted by molar-refractivity contribution is 9.10. The van der Waals surface area contributed by atoms with Gasteiger partial charge in [-0.05, 0) is 53.0 Å². The Kier molecular flexibility index (Phi) is 4.04. The molecular weight excluding hydrogens is 304 g/mol.